The topological polar surface area (TPSA) is 0 Å². The van der Waals surface area contributed by atoms with Gasteiger partial charge >= 0.3 is 41.0 Å². The van der Waals surface area contributed by atoms with Crippen molar-refractivity contribution in [2.75, 3.05) is 0 Å². The fourth-order valence-corrected chi connectivity index (χ4v) is 0.940. The second-order valence-electron chi connectivity index (χ2n) is 2.98. The molecule has 3 heteroatoms. The van der Waals surface area contributed by atoms with E-state index in [1.165, 1.54) is 11.1 Å². The standard InChI is InChI=1S/2C6H7.2BrH.Mo/c2*1-6-4-2-3-5-6;;;/h2*2-5H,1H3;2*1H;/q-5;-1;;;+2/p-2. The van der Waals surface area contributed by atoms with Crippen molar-refractivity contribution in [1.82, 2.24) is 0 Å². The van der Waals surface area contributed by atoms with Crippen molar-refractivity contribution in [3.8, 4) is 0 Å². The minimum absolute atomic E-state index is 0.0950. The second-order valence-corrected chi connectivity index (χ2v) is 12.2. The first-order chi connectivity index (χ1) is 7.20. The van der Waals surface area contributed by atoms with Gasteiger partial charge in [0.2, 0.25) is 0 Å². The van der Waals surface area contributed by atoms with Gasteiger partial charge in [-0.2, -0.15) is 17.7 Å². The van der Waals surface area contributed by atoms with Crippen molar-refractivity contribution in [3.05, 3.63) is 59.7 Å². The number of rotatable bonds is 0. The van der Waals surface area contributed by atoms with Crippen LogP contribution in [0.4, 0.5) is 0 Å². The molecule has 2 aromatic rings. The van der Waals surface area contributed by atoms with Gasteiger partial charge in [-0.3, -0.25) is 0 Å². The number of hydrogen-bond donors (Lipinski definition) is 0. The summed E-state index contributed by atoms with van der Waals surface area (Å²) < 4.78 is 0. The van der Waals surface area contributed by atoms with Crippen LogP contribution in [0.2, 0.25) is 0 Å². The molecule has 0 saturated carbocycles. The van der Waals surface area contributed by atoms with Crippen molar-refractivity contribution < 1.29 is 14.5 Å². The molecule has 0 radical (unpaired) electrons. The van der Waals surface area contributed by atoms with E-state index in [9.17, 15) is 0 Å². The van der Waals surface area contributed by atoms with Gasteiger partial charge in [-0.05, 0) is 0 Å². The van der Waals surface area contributed by atoms with Crippen LogP contribution >= 0.6 is 26.6 Å². The summed E-state index contributed by atoms with van der Waals surface area (Å²) in [5.74, 6) is 0. The predicted octanol–water partition coefficient (Wildman–Crippen LogP) is 5.12. The van der Waals surface area contributed by atoms with E-state index in [1.807, 2.05) is 24.3 Å². The molecule has 0 N–H and O–H groups in total. The van der Waals surface area contributed by atoms with E-state index < -0.39 is 0 Å². The first-order valence-electron chi connectivity index (χ1n) is 4.46. The van der Waals surface area contributed by atoms with Crippen LogP contribution in [0.5, 0.6) is 0 Å². The van der Waals surface area contributed by atoms with Gasteiger partial charge in [0.1, 0.15) is 0 Å². The van der Waals surface area contributed by atoms with E-state index in [0.717, 1.165) is 0 Å². The van der Waals surface area contributed by atoms with Gasteiger partial charge in [0.15, 0.2) is 0 Å². The fourth-order valence-electron chi connectivity index (χ4n) is 0.940. The molecule has 88 valence electrons. The Labute approximate surface area is 114 Å². The first kappa shape index (κ1) is 15.3. The Morgan fingerprint density at radius 2 is 1.40 bits per heavy atom. The molecule has 0 atom stereocenters. The summed E-state index contributed by atoms with van der Waals surface area (Å²) in [4.78, 5) is 0. The summed E-state index contributed by atoms with van der Waals surface area (Å²) in [6.45, 7) is 4.17. The zero-order valence-corrected chi connectivity index (χ0v) is 14.0. The van der Waals surface area contributed by atoms with Crippen LogP contribution in [0.25, 0.3) is 0 Å². The number of hydrogen-bond acceptors (Lipinski definition) is 0. The van der Waals surface area contributed by atoms with Gasteiger partial charge in [-0.25, -0.2) is 19.1 Å². The van der Waals surface area contributed by atoms with Gasteiger partial charge in [0.05, 0.1) is 0 Å². The van der Waals surface area contributed by atoms with Crippen LogP contribution in [0.15, 0.2) is 48.5 Å². The van der Waals surface area contributed by atoms with E-state index in [4.69, 9.17) is 0 Å². The molecule has 2 rings (SSSR count). The minimum atomic E-state index is 0.0950. The van der Waals surface area contributed by atoms with Gasteiger partial charge in [-0.1, -0.05) is 6.92 Å². The molecule has 0 aliphatic heterocycles. The van der Waals surface area contributed by atoms with Gasteiger partial charge in [0.25, 0.3) is 0 Å². The van der Waals surface area contributed by atoms with Crippen LogP contribution in [-0.2, 0) is 14.5 Å². The summed E-state index contributed by atoms with van der Waals surface area (Å²) in [6.07, 6.45) is 0. The molecular weight excluding hydrogens is 400 g/mol. The first-order valence-corrected chi connectivity index (χ1v) is 13.6. The maximum absolute atomic E-state index is 3.19. The molecule has 0 aliphatic carbocycles. The molecule has 0 nitrogen and oxygen atoms in total. The van der Waals surface area contributed by atoms with E-state index in [2.05, 4.69) is 64.7 Å². The number of halogens is 2. The molecule has 0 aromatic heterocycles. The van der Waals surface area contributed by atoms with Crippen molar-refractivity contribution in [2.24, 2.45) is 0 Å². The Kier molecular flexibility index (Phi) is 11.1. The zero-order chi connectivity index (χ0) is 11.5. The molecule has 0 saturated heterocycles. The Morgan fingerprint density at radius 1 is 1.00 bits per heavy atom. The van der Waals surface area contributed by atoms with Crippen LogP contribution < -0.4 is 0 Å². The molecule has 15 heavy (non-hydrogen) atoms. The van der Waals surface area contributed by atoms with Crippen LogP contribution in [-0.4, -0.2) is 0 Å². The van der Waals surface area contributed by atoms with E-state index in [-0.39, 0.29) is 14.5 Å². The van der Waals surface area contributed by atoms with Gasteiger partial charge < -0.3 is 29.8 Å². The summed E-state index contributed by atoms with van der Waals surface area (Å²) >= 11 is 6.48. The van der Waals surface area contributed by atoms with Crippen LogP contribution in [0, 0.1) is 13.8 Å². The van der Waals surface area contributed by atoms with Crippen LogP contribution in [0.1, 0.15) is 11.1 Å². The zero-order valence-electron chi connectivity index (χ0n) is 8.78. The molecule has 0 unspecified atom stereocenters. The third kappa shape index (κ3) is 10.6. The SMILES string of the molecule is C[c-]1[cH-][cH-][cH-][cH-]1.C[c-]1cccc1.[Br][Mo][Br]. The second kappa shape index (κ2) is 10.9. The number of aryl methyl sites for hydroxylation is 2. The Balaban J connectivity index is 0.000000210. The monoisotopic (exact) mass is 414 g/mol. The molecule has 0 bridgehead atoms. The Bertz CT molecular complexity index is 266. The molecular formula is C12H14Br2Mo-6. The molecule has 2 aromatic carbocycles. The molecule has 0 amide bonds. The summed E-state index contributed by atoms with van der Waals surface area (Å²) in [5, 5.41) is 0. The average molecular weight is 414 g/mol. The van der Waals surface area contributed by atoms with Gasteiger partial charge in [-0.15, -0.1) is 0 Å². The van der Waals surface area contributed by atoms with Crippen molar-refractivity contribution in [2.45, 2.75) is 13.8 Å². The molecule has 0 aliphatic rings. The summed E-state index contributed by atoms with van der Waals surface area (Å²) in [5.41, 5.74) is 2.69. The van der Waals surface area contributed by atoms with Crippen LogP contribution in [0.3, 0.4) is 0 Å². The van der Waals surface area contributed by atoms with Crippen molar-refractivity contribution in [3.63, 3.8) is 0 Å². The summed E-state index contributed by atoms with van der Waals surface area (Å²) in [6, 6.07) is 16.5. The third-order valence-corrected chi connectivity index (χ3v) is 1.66. The van der Waals surface area contributed by atoms with E-state index >= 15 is 0 Å². The van der Waals surface area contributed by atoms with E-state index in [1.54, 1.807) is 0 Å². The normalized spacial score (nSPS) is 8.27. The van der Waals surface area contributed by atoms with Gasteiger partial charge in [0, 0.05) is 0 Å². The predicted molar refractivity (Wildman–Crippen MR) is 71.4 cm³/mol. The third-order valence-electron chi connectivity index (χ3n) is 1.66. The Hall–Kier alpha value is 0.348. The van der Waals surface area contributed by atoms with E-state index in [0.29, 0.717) is 0 Å². The molecule has 0 fully saturated rings. The maximum atomic E-state index is 3.19. The quantitative estimate of drug-likeness (QED) is 0.415. The Morgan fingerprint density at radius 3 is 1.53 bits per heavy atom. The van der Waals surface area contributed by atoms with Crippen molar-refractivity contribution >= 4 is 26.6 Å². The van der Waals surface area contributed by atoms with Crippen molar-refractivity contribution in [1.29, 1.82) is 0 Å². The fraction of sp³-hybridized carbons (Fsp3) is 0.167. The average Bonchev–Trinajstić information content (AvgIpc) is 2.81. The summed E-state index contributed by atoms with van der Waals surface area (Å²) in [7, 11) is 0. The molecule has 0 spiro atoms. The molecule has 0 heterocycles.